The summed E-state index contributed by atoms with van der Waals surface area (Å²) < 4.78 is 19.1. The molecule has 22 heavy (non-hydrogen) atoms. The van der Waals surface area contributed by atoms with Gasteiger partial charge in [-0.25, -0.2) is 4.39 Å². The first-order valence-corrected chi connectivity index (χ1v) is 8.16. The molecule has 0 aromatic carbocycles. The zero-order chi connectivity index (χ0) is 17.1. The van der Waals surface area contributed by atoms with E-state index in [1.165, 1.54) is 6.08 Å². The smallest absolute Gasteiger partial charge is 0.322 e. The second kappa shape index (κ2) is 7.40. The van der Waals surface area contributed by atoms with Crippen LogP contribution in [0.2, 0.25) is 0 Å². The number of hydrogen-bond acceptors (Lipinski definition) is 3. The Morgan fingerprint density at radius 1 is 1.45 bits per heavy atom. The van der Waals surface area contributed by atoms with E-state index in [0.29, 0.717) is 5.92 Å². The topological polar surface area (TPSA) is 52.3 Å². The number of halogens is 1. The minimum Gasteiger partial charge on any atom is -0.461 e. The molecule has 0 fully saturated rings. The predicted octanol–water partition coefficient (Wildman–Crippen LogP) is 3.99. The minimum atomic E-state index is -0.635. The fourth-order valence-corrected chi connectivity index (χ4v) is 3.50. The molecule has 0 radical (unpaired) electrons. The summed E-state index contributed by atoms with van der Waals surface area (Å²) in [6.45, 7) is 11.9. The number of esters is 1. The molecule has 126 valence electrons. The highest BCUT2D eigenvalue weighted by Gasteiger charge is 2.44. The molecule has 0 aliphatic heterocycles. The van der Waals surface area contributed by atoms with Crippen LogP contribution in [-0.4, -0.2) is 18.1 Å². The van der Waals surface area contributed by atoms with Crippen LogP contribution in [0.5, 0.6) is 0 Å². The summed E-state index contributed by atoms with van der Waals surface area (Å²) in [5.74, 6) is -0.127. The fourth-order valence-electron chi connectivity index (χ4n) is 3.50. The third kappa shape index (κ3) is 3.97. The lowest BCUT2D eigenvalue weighted by atomic mass is 9.60. The van der Waals surface area contributed by atoms with E-state index in [2.05, 4.69) is 20.8 Å². The van der Waals surface area contributed by atoms with Crippen molar-refractivity contribution in [2.45, 2.75) is 60.1 Å². The number of nitrogens with two attached hydrogens (primary N) is 1. The van der Waals surface area contributed by atoms with Gasteiger partial charge in [0.15, 0.2) is 0 Å². The SMILES string of the molecule is CCC(C)[C@@H]([C@H](C)OC(=O)[C@H](C)N)C1(C)C=CC(F)=CC1C. The van der Waals surface area contributed by atoms with Gasteiger partial charge in [-0.15, -0.1) is 0 Å². The van der Waals surface area contributed by atoms with Gasteiger partial charge < -0.3 is 10.5 Å². The molecule has 0 saturated heterocycles. The van der Waals surface area contributed by atoms with Crippen LogP contribution >= 0.6 is 0 Å². The fraction of sp³-hybridized carbons (Fsp3) is 0.722. The van der Waals surface area contributed by atoms with Crippen molar-refractivity contribution < 1.29 is 13.9 Å². The Morgan fingerprint density at radius 2 is 2.05 bits per heavy atom. The first kappa shape index (κ1) is 18.9. The van der Waals surface area contributed by atoms with Gasteiger partial charge in [-0.2, -0.15) is 0 Å². The van der Waals surface area contributed by atoms with Gasteiger partial charge in [-0.3, -0.25) is 4.79 Å². The number of carbonyl (C=O) groups excluding carboxylic acids is 1. The van der Waals surface area contributed by atoms with Crippen LogP contribution in [0.1, 0.15) is 48.0 Å². The highest BCUT2D eigenvalue weighted by molar-refractivity contribution is 5.75. The molecular weight excluding hydrogens is 281 g/mol. The van der Waals surface area contributed by atoms with Crippen molar-refractivity contribution >= 4 is 5.97 Å². The third-order valence-corrected chi connectivity index (χ3v) is 5.15. The Morgan fingerprint density at radius 3 is 2.50 bits per heavy atom. The lowest BCUT2D eigenvalue weighted by Gasteiger charge is -2.46. The maximum atomic E-state index is 13.5. The van der Waals surface area contributed by atoms with Gasteiger partial charge in [0.05, 0.1) is 0 Å². The van der Waals surface area contributed by atoms with Gasteiger partial charge in [-0.05, 0) is 43.3 Å². The summed E-state index contributed by atoms with van der Waals surface area (Å²) in [6, 6.07) is -0.635. The van der Waals surface area contributed by atoms with Crippen molar-refractivity contribution in [1.29, 1.82) is 0 Å². The highest BCUT2D eigenvalue weighted by atomic mass is 19.1. The predicted molar refractivity (Wildman–Crippen MR) is 87.8 cm³/mol. The van der Waals surface area contributed by atoms with Crippen LogP contribution in [0.25, 0.3) is 0 Å². The monoisotopic (exact) mass is 311 g/mol. The van der Waals surface area contributed by atoms with Crippen molar-refractivity contribution in [1.82, 2.24) is 0 Å². The summed E-state index contributed by atoms with van der Waals surface area (Å²) in [5.41, 5.74) is 5.34. The number of ether oxygens (including phenoxy) is 1. The van der Waals surface area contributed by atoms with E-state index >= 15 is 0 Å². The molecule has 0 saturated carbocycles. The first-order chi connectivity index (χ1) is 10.1. The number of hydrogen-bond donors (Lipinski definition) is 1. The van der Waals surface area contributed by atoms with Crippen LogP contribution in [0.15, 0.2) is 24.1 Å². The molecule has 3 unspecified atom stereocenters. The second-order valence-electron chi connectivity index (χ2n) is 6.88. The number of rotatable bonds is 6. The van der Waals surface area contributed by atoms with Crippen LogP contribution in [-0.2, 0) is 9.53 Å². The molecule has 0 aromatic heterocycles. The average molecular weight is 311 g/mol. The number of allylic oxidation sites excluding steroid dienone is 4. The zero-order valence-corrected chi connectivity index (χ0v) is 14.6. The highest BCUT2D eigenvalue weighted by Crippen LogP contribution is 2.47. The molecular formula is C18H30FNO2. The quantitative estimate of drug-likeness (QED) is 0.755. The van der Waals surface area contributed by atoms with Crippen LogP contribution < -0.4 is 5.73 Å². The van der Waals surface area contributed by atoms with Crippen molar-refractivity contribution in [3.63, 3.8) is 0 Å². The molecule has 1 aliphatic carbocycles. The van der Waals surface area contributed by atoms with Gasteiger partial charge in [-0.1, -0.05) is 40.2 Å². The average Bonchev–Trinajstić information content (AvgIpc) is 2.43. The molecule has 3 nitrogen and oxygen atoms in total. The molecule has 1 aliphatic rings. The molecule has 0 bridgehead atoms. The second-order valence-corrected chi connectivity index (χ2v) is 6.88. The summed E-state index contributed by atoms with van der Waals surface area (Å²) in [5, 5.41) is 0. The van der Waals surface area contributed by atoms with Crippen LogP contribution in [0.3, 0.4) is 0 Å². The van der Waals surface area contributed by atoms with Crippen molar-refractivity contribution in [2.24, 2.45) is 28.9 Å². The van der Waals surface area contributed by atoms with Gasteiger partial charge in [0.2, 0.25) is 0 Å². The Kier molecular flexibility index (Phi) is 6.36. The molecule has 4 heteroatoms. The van der Waals surface area contributed by atoms with E-state index in [-0.39, 0.29) is 29.2 Å². The van der Waals surface area contributed by atoms with E-state index in [0.717, 1.165) is 6.42 Å². The third-order valence-electron chi connectivity index (χ3n) is 5.15. The molecule has 0 amide bonds. The molecule has 0 spiro atoms. The van der Waals surface area contributed by atoms with Gasteiger partial charge in [0, 0.05) is 5.92 Å². The van der Waals surface area contributed by atoms with Crippen molar-refractivity contribution in [2.75, 3.05) is 0 Å². The molecule has 2 N–H and O–H groups in total. The van der Waals surface area contributed by atoms with Crippen LogP contribution in [0.4, 0.5) is 4.39 Å². The molecule has 0 heterocycles. The number of carbonyl (C=O) groups is 1. The lowest BCUT2D eigenvalue weighted by molar-refractivity contribution is -0.156. The normalized spacial score (nSPS) is 30.2. The van der Waals surface area contributed by atoms with E-state index in [9.17, 15) is 9.18 Å². The summed E-state index contributed by atoms with van der Waals surface area (Å²) in [4.78, 5) is 11.9. The lowest BCUT2D eigenvalue weighted by Crippen LogP contribution is -2.45. The largest absolute Gasteiger partial charge is 0.461 e. The first-order valence-electron chi connectivity index (χ1n) is 8.16. The standard InChI is InChI=1S/C18H30FNO2/c1-7-11(2)16(14(5)22-17(21)13(4)20)18(6)9-8-15(19)10-12(18)3/h8-14,16H,7,20H2,1-6H3/t11?,12?,13-,14-,16-,18?/m0/s1. The van der Waals surface area contributed by atoms with Crippen molar-refractivity contribution in [3.8, 4) is 0 Å². The van der Waals surface area contributed by atoms with Gasteiger partial charge in [0.1, 0.15) is 18.0 Å². The van der Waals surface area contributed by atoms with E-state index in [4.69, 9.17) is 10.5 Å². The van der Waals surface area contributed by atoms with E-state index in [1.54, 1.807) is 13.0 Å². The Balaban J connectivity index is 3.08. The van der Waals surface area contributed by atoms with E-state index in [1.807, 2.05) is 19.9 Å². The maximum absolute atomic E-state index is 13.5. The van der Waals surface area contributed by atoms with Gasteiger partial charge >= 0.3 is 5.97 Å². The summed E-state index contributed by atoms with van der Waals surface area (Å²) in [7, 11) is 0. The van der Waals surface area contributed by atoms with E-state index < -0.39 is 12.0 Å². The molecule has 6 atom stereocenters. The Labute approximate surface area is 133 Å². The van der Waals surface area contributed by atoms with Crippen molar-refractivity contribution in [3.05, 3.63) is 24.1 Å². The van der Waals surface area contributed by atoms with Crippen LogP contribution in [0, 0.1) is 23.2 Å². The van der Waals surface area contributed by atoms with Gasteiger partial charge in [0.25, 0.3) is 0 Å². The molecule has 1 rings (SSSR count). The molecule has 0 aromatic rings. The Hall–Kier alpha value is -1.16. The minimum absolute atomic E-state index is 0.0351. The summed E-state index contributed by atoms with van der Waals surface area (Å²) in [6.07, 6.45) is 5.79. The Bertz CT molecular complexity index is 458. The summed E-state index contributed by atoms with van der Waals surface area (Å²) >= 11 is 0. The zero-order valence-electron chi connectivity index (χ0n) is 14.6. The maximum Gasteiger partial charge on any atom is 0.322 e.